The molecule has 2 aromatic carbocycles. The Bertz CT molecular complexity index is 789. The van der Waals surface area contributed by atoms with Crippen molar-refractivity contribution in [2.24, 2.45) is 0 Å². The van der Waals surface area contributed by atoms with Crippen LogP contribution >= 0.6 is 11.6 Å². The van der Waals surface area contributed by atoms with E-state index in [1.807, 2.05) is 0 Å². The lowest BCUT2D eigenvalue weighted by molar-refractivity contribution is -0.137. The van der Waals surface area contributed by atoms with Crippen molar-refractivity contribution in [1.29, 1.82) is 0 Å². The topological polar surface area (TPSA) is 58.2 Å². The zero-order valence-electron chi connectivity index (χ0n) is 13.1. The molecule has 4 nitrogen and oxygen atoms in total. The van der Waals surface area contributed by atoms with Crippen molar-refractivity contribution in [1.82, 2.24) is 0 Å². The molecular weight excluding hydrogens is 357 g/mol. The number of carbonyl (C=O) groups excluding carboxylic acids is 2. The third-order valence-electron chi connectivity index (χ3n) is 3.21. The zero-order valence-corrected chi connectivity index (χ0v) is 13.8. The van der Waals surface area contributed by atoms with Gasteiger partial charge in [0.25, 0.3) is 0 Å². The smallest absolute Gasteiger partial charge is 0.326 e. The van der Waals surface area contributed by atoms with E-state index in [9.17, 15) is 22.8 Å². The van der Waals surface area contributed by atoms with Crippen LogP contribution in [0.3, 0.4) is 0 Å². The summed E-state index contributed by atoms with van der Waals surface area (Å²) in [6, 6.07) is 8.95. The highest BCUT2D eigenvalue weighted by Gasteiger charge is 2.29. The van der Waals surface area contributed by atoms with Gasteiger partial charge in [-0.05, 0) is 35.9 Å². The normalized spacial score (nSPS) is 11.1. The summed E-state index contributed by atoms with van der Waals surface area (Å²) in [5.41, 5.74) is 0.509. The fourth-order valence-electron chi connectivity index (χ4n) is 2.09. The number of alkyl halides is 3. The van der Waals surface area contributed by atoms with Gasteiger partial charge in [0.15, 0.2) is 0 Å². The Kier molecular flexibility index (Phi) is 5.69. The molecule has 0 aliphatic carbocycles. The first-order chi connectivity index (χ1) is 11.6. The number of nitrogens with one attached hydrogen (secondary N) is 2. The molecule has 0 saturated heterocycles. The van der Waals surface area contributed by atoms with Crippen LogP contribution in [0.4, 0.5) is 24.5 Å². The van der Waals surface area contributed by atoms with Crippen LogP contribution in [-0.2, 0) is 22.2 Å². The highest BCUT2D eigenvalue weighted by atomic mass is 35.5. The fourth-order valence-corrected chi connectivity index (χ4v) is 2.31. The maximum atomic E-state index is 12.5. The average molecular weight is 371 g/mol. The van der Waals surface area contributed by atoms with Crippen LogP contribution in [0.25, 0.3) is 0 Å². The molecule has 0 radical (unpaired) electrons. The van der Waals surface area contributed by atoms with Crippen LogP contribution in [0.5, 0.6) is 0 Å². The number of anilines is 2. The van der Waals surface area contributed by atoms with E-state index >= 15 is 0 Å². The molecule has 132 valence electrons. The van der Waals surface area contributed by atoms with Gasteiger partial charge < -0.3 is 10.6 Å². The zero-order chi connectivity index (χ0) is 18.6. The van der Waals surface area contributed by atoms with Gasteiger partial charge >= 0.3 is 6.18 Å². The van der Waals surface area contributed by atoms with Crippen molar-refractivity contribution in [3.8, 4) is 0 Å². The van der Waals surface area contributed by atoms with Gasteiger partial charge in [0.1, 0.15) is 0 Å². The Morgan fingerprint density at radius 3 is 2.20 bits per heavy atom. The first-order valence-corrected chi connectivity index (χ1v) is 7.56. The van der Waals surface area contributed by atoms with E-state index in [0.717, 1.165) is 12.1 Å². The molecule has 2 amide bonds. The van der Waals surface area contributed by atoms with Crippen LogP contribution in [0, 0.1) is 0 Å². The molecule has 0 atom stereocenters. The summed E-state index contributed by atoms with van der Waals surface area (Å²) in [5.74, 6) is -0.677. The number of hydrogen-bond acceptors (Lipinski definition) is 2. The van der Waals surface area contributed by atoms with Crippen LogP contribution in [0.1, 0.15) is 18.1 Å². The Morgan fingerprint density at radius 1 is 1.04 bits per heavy atom. The maximum absolute atomic E-state index is 12.5. The van der Waals surface area contributed by atoms with E-state index in [0.29, 0.717) is 16.9 Å². The third-order valence-corrected chi connectivity index (χ3v) is 3.52. The van der Waals surface area contributed by atoms with Gasteiger partial charge in [-0.15, -0.1) is 0 Å². The van der Waals surface area contributed by atoms with Gasteiger partial charge in [0, 0.05) is 12.6 Å². The molecule has 25 heavy (non-hydrogen) atoms. The Balaban J connectivity index is 2.00. The summed E-state index contributed by atoms with van der Waals surface area (Å²) in [5, 5.41) is 5.39. The number of carbonyl (C=O) groups is 2. The van der Waals surface area contributed by atoms with E-state index < -0.39 is 17.6 Å². The van der Waals surface area contributed by atoms with E-state index in [2.05, 4.69) is 10.6 Å². The van der Waals surface area contributed by atoms with Crippen molar-refractivity contribution in [2.45, 2.75) is 19.5 Å². The lowest BCUT2D eigenvalue weighted by atomic mass is 10.1. The Hall–Kier alpha value is -2.54. The van der Waals surface area contributed by atoms with Gasteiger partial charge in [0.2, 0.25) is 11.8 Å². The minimum atomic E-state index is -4.41. The second-order valence-electron chi connectivity index (χ2n) is 5.30. The molecule has 0 heterocycles. The van der Waals surface area contributed by atoms with Crippen LogP contribution in [0.2, 0.25) is 5.02 Å². The molecule has 2 aromatic rings. The van der Waals surface area contributed by atoms with Crippen molar-refractivity contribution < 1.29 is 22.8 Å². The van der Waals surface area contributed by atoms with Gasteiger partial charge in [-0.3, -0.25) is 9.59 Å². The summed E-state index contributed by atoms with van der Waals surface area (Å²) in [4.78, 5) is 23.0. The molecule has 0 aromatic heterocycles. The monoisotopic (exact) mass is 370 g/mol. The first kappa shape index (κ1) is 18.8. The van der Waals surface area contributed by atoms with Gasteiger partial charge in [0.05, 0.1) is 22.7 Å². The number of benzene rings is 2. The van der Waals surface area contributed by atoms with Crippen LogP contribution in [0.15, 0.2) is 42.5 Å². The van der Waals surface area contributed by atoms with Gasteiger partial charge in [-0.1, -0.05) is 23.7 Å². The van der Waals surface area contributed by atoms with Crippen LogP contribution in [-0.4, -0.2) is 11.8 Å². The number of amides is 2. The number of rotatable bonds is 4. The van der Waals surface area contributed by atoms with Crippen molar-refractivity contribution >= 4 is 34.8 Å². The second-order valence-corrected chi connectivity index (χ2v) is 5.70. The minimum Gasteiger partial charge on any atom is -0.326 e. The molecule has 8 heteroatoms. The van der Waals surface area contributed by atoms with Crippen LogP contribution < -0.4 is 10.6 Å². The minimum absolute atomic E-state index is 0.0802. The summed E-state index contributed by atoms with van der Waals surface area (Å²) < 4.78 is 37.5. The highest BCUT2D eigenvalue weighted by Crippen LogP contribution is 2.29. The molecule has 0 spiro atoms. The van der Waals surface area contributed by atoms with E-state index in [4.69, 9.17) is 11.6 Å². The Labute approximate surface area is 147 Å². The second kappa shape index (κ2) is 7.57. The number of halogens is 4. The van der Waals surface area contributed by atoms with Crippen molar-refractivity contribution in [3.63, 3.8) is 0 Å². The van der Waals surface area contributed by atoms with E-state index in [1.54, 1.807) is 6.07 Å². The highest BCUT2D eigenvalue weighted by molar-refractivity contribution is 6.34. The van der Waals surface area contributed by atoms with Gasteiger partial charge in [-0.25, -0.2) is 0 Å². The van der Waals surface area contributed by atoms with Crippen molar-refractivity contribution in [2.75, 3.05) is 10.6 Å². The SMILES string of the molecule is CC(=O)Nc1ccc(NC(=O)Cc2ccc(C(F)(F)F)cc2)cc1Cl. The van der Waals surface area contributed by atoms with E-state index in [1.165, 1.54) is 31.2 Å². The lowest BCUT2D eigenvalue weighted by Gasteiger charge is -2.10. The van der Waals surface area contributed by atoms with E-state index in [-0.39, 0.29) is 17.4 Å². The summed E-state index contributed by atoms with van der Waals surface area (Å²) in [7, 11) is 0. The standard InChI is InChI=1S/C17H14ClF3N2O2/c1-10(24)22-15-7-6-13(9-14(15)18)23-16(25)8-11-2-4-12(5-3-11)17(19,20)21/h2-7,9H,8H2,1H3,(H,22,24)(H,23,25). The molecule has 0 bridgehead atoms. The fraction of sp³-hybridized carbons (Fsp3) is 0.176. The molecule has 2 N–H and O–H groups in total. The molecular formula is C17H14ClF3N2O2. The lowest BCUT2D eigenvalue weighted by Crippen LogP contribution is -2.15. The molecule has 0 aliphatic heterocycles. The van der Waals surface area contributed by atoms with Gasteiger partial charge in [-0.2, -0.15) is 13.2 Å². The molecule has 0 aliphatic rings. The summed E-state index contributed by atoms with van der Waals surface area (Å²) in [6.45, 7) is 1.34. The maximum Gasteiger partial charge on any atom is 0.416 e. The summed E-state index contributed by atoms with van der Waals surface area (Å²) >= 11 is 6.00. The molecule has 0 saturated carbocycles. The molecule has 0 fully saturated rings. The third kappa shape index (κ3) is 5.49. The quantitative estimate of drug-likeness (QED) is 0.832. The summed E-state index contributed by atoms with van der Waals surface area (Å²) in [6.07, 6.45) is -4.49. The predicted molar refractivity (Wildman–Crippen MR) is 89.5 cm³/mol. The largest absolute Gasteiger partial charge is 0.416 e. The average Bonchev–Trinajstić information content (AvgIpc) is 2.49. The molecule has 2 rings (SSSR count). The molecule has 0 unspecified atom stereocenters. The Morgan fingerprint density at radius 2 is 1.68 bits per heavy atom. The number of hydrogen-bond donors (Lipinski definition) is 2. The van der Waals surface area contributed by atoms with Crippen molar-refractivity contribution in [3.05, 3.63) is 58.6 Å². The first-order valence-electron chi connectivity index (χ1n) is 7.18. The predicted octanol–water partition coefficient (Wildman–Crippen LogP) is 4.50.